The molecular weight excluding hydrogens is 334 g/mol. The van der Waals surface area contributed by atoms with E-state index in [1.165, 1.54) is 11.3 Å². The Balaban J connectivity index is 1.83. The number of piperidine rings is 1. The van der Waals surface area contributed by atoms with E-state index >= 15 is 0 Å². The van der Waals surface area contributed by atoms with Crippen LogP contribution in [0.3, 0.4) is 0 Å². The first-order valence-electron chi connectivity index (χ1n) is 8.60. The number of thiazole rings is 1. The van der Waals surface area contributed by atoms with Crippen LogP contribution < -0.4 is 5.73 Å². The third-order valence-electron chi connectivity index (χ3n) is 4.47. The summed E-state index contributed by atoms with van der Waals surface area (Å²) in [6.45, 7) is 9.37. The Morgan fingerprint density at radius 3 is 2.72 bits per heavy atom. The summed E-state index contributed by atoms with van der Waals surface area (Å²) in [4.78, 5) is 29.0. The summed E-state index contributed by atoms with van der Waals surface area (Å²) in [5, 5.41) is 0.541. The molecule has 6 nitrogen and oxygen atoms in total. The average Bonchev–Trinajstić information content (AvgIpc) is 2.92. The number of hydrogen-bond donors (Lipinski definition) is 1. The lowest BCUT2D eigenvalue weighted by atomic mass is 9.90. The summed E-state index contributed by atoms with van der Waals surface area (Å²) in [6, 6.07) is 0. The first-order chi connectivity index (χ1) is 11.8. The number of likely N-dealkylation sites (tertiary alicyclic amines) is 1. The molecule has 2 aromatic heterocycles. The molecule has 0 spiro atoms. The van der Waals surface area contributed by atoms with Crippen LogP contribution in [0.2, 0.25) is 0 Å². The van der Waals surface area contributed by atoms with Crippen LogP contribution in [0.25, 0.3) is 10.6 Å². The first kappa shape index (κ1) is 17.8. The Morgan fingerprint density at radius 2 is 2.08 bits per heavy atom. The second kappa shape index (κ2) is 6.71. The van der Waals surface area contributed by atoms with Gasteiger partial charge in [-0.25, -0.2) is 9.97 Å². The van der Waals surface area contributed by atoms with E-state index in [4.69, 9.17) is 10.7 Å². The molecular formula is C18H25N5OS. The average molecular weight is 359 g/mol. The van der Waals surface area contributed by atoms with Gasteiger partial charge in [0.05, 0.1) is 22.5 Å². The van der Waals surface area contributed by atoms with E-state index in [0.29, 0.717) is 11.7 Å². The predicted molar refractivity (Wildman–Crippen MR) is 100 cm³/mol. The summed E-state index contributed by atoms with van der Waals surface area (Å²) in [6.07, 6.45) is 5.59. The Kier molecular flexibility index (Phi) is 4.77. The SMILES string of the molecule is Cc1nc(N)sc1-c1cncc([C@@H]2CCCN(C(=O)C(C)(C)C)C2)n1. The lowest BCUT2D eigenvalue weighted by Gasteiger charge is -2.36. The minimum absolute atomic E-state index is 0.201. The number of aromatic nitrogens is 3. The largest absolute Gasteiger partial charge is 0.375 e. The Hall–Kier alpha value is -2.02. The van der Waals surface area contributed by atoms with E-state index in [2.05, 4.69) is 9.97 Å². The van der Waals surface area contributed by atoms with Gasteiger partial charge in [0, 0.05) is 30.6 Å². The number of nitrogens with two attached hydrogens (primary N) is 1. The highest BCUT2D eigenvalue weighted by molar-refractivity contribution is 7.18. The number of aryl methyl sites for hydroxylation is 1. The third-order valence-corrected chi connectivity index (χ3v) is 5.48. The van der Waals surface area contributed by atoms with Gasteiger partial charge in [-0.15, -0.1) is 0 Å². The maximum absolute atomic E-state index is 12.6. The molecule has 1 atom stereocenters. The van der Waals surface area contributed by atoms with Crippen LogP contribution in [0.15, 0.2) is 12.4 Å². The lowest BCUT2D eigenvalue weighted by molar-refractivity contribution is -0.140. The normalized spacial score (nSPS) is 18.4. The fraction of sp³-hybridized carbons (Fsp3) is 0.556. The summed E-state index contributed by atoms with van der Waals surface area (Å²) < 4.78 is 0. The van der Waals surface area contributed by atoms with Crippen LogP contribution in [0, 0.1) is 12.3 Å². The van der Waals surface area contributed by atoms with Crippen LogP contribution in [-0.4, -0.2) is 38.8 Å². The van der Waals surface area contributed by atoms with E-state index in [1.807, 2.05) is 38.8 Å². The van der Waals surface area contributed by atoms with Gasteiger partial charge in [0.25, 0.3) is 0 Å². The highest BCUT2D eigenvalue weighted by Gasteiger charge is 2.32. The molecule has 1 aliphatic rings. The summed E-state index contributed by atoms with van der Waals surface area (Å²) in [5.41, 5.74) is 8.08. The highest BCUT2D eigenvalue weighted by atomic mass is 32.1. The van der Waals surface area contributed by atoms with Crippen molar-refractivity contribution in [3.05, 3.63) is 23.8 Å². The molecule has 0 radical (unpaired) electrons. The monoisotopic (exact) mass is 359 g/mol. The van der Waals surface area contributed by atoms with Gasteiger partial charge in [-0.3, -0.25) is 9.78 Å². The van der Waals surface area contributed by atoms with Crippen molar-refractivity contribution >= 4 is 22.4 Å². The Labute approximate surface area is 152 Å². The minimum atomic E-state index is -0.354. The minimum Gasteiger partial charge on any atom is -0.375 e. The molecule has 0 saturated carbocycles. The number of carbonyl (C=O) groups excluding carboxylic acids is 1. The molecule has 7 heteroatoms. The van der Waals surface area contributed by atoms with Crippen LogP contribution in [0.5, 0.6) is 0 Å². The molecule has 3 heterocycles. The van der Waals surface area contributed by atoms with Gasteiger partial charge in [-0.1, -0.05) is 32.1 Å². The molecule has 1 fully saturated rings. The van der Waals surface area contributed by atoms with E-state index in [0.717, 1.165) is 41.3 Å². The highest BCUT2D eigenvalue weighted by Crippen LogP contribution is 2.32. The first-order valence-corrected chi connectivity index (χ1v) is 9.42. The van der Waals surface area contributed by atoms with Crippen molar-refractivity contribution in [1.82, 2.24) is 19.9 Å². The van der Waals surface area contributed by atoms with Gasteiger partial charge in [0.2, 0.25) is 5.91 Å². The number of carbonyl (C=O) groups is 1. The number of rotatable bonds is 2. The molecule has 0 unspecified atom stereocenters. The van der Waals surface area contributed by atoms with Gasteiger partial charge < -0.3 is 10.6 Å². The predicted octanol–water partition coefficient (Wildman–Crippen LogP) is 3.24. The summed E-state index contributed by atoms with van der Waals surface area (Å²) >= 11 is 1.43. The summed E-state index contributed by atoms with van der Waals surface area (Å²) in [7, 11) is 0. The second-order valence-corrected chi connectivity index (χ2v) is 8.67. The molecule has 134 valence electrons. The molecule has 1 amide bonds. The number of hydrogen-bond acceptors (Lipinski definition) is 6. The number of nitrogens with zero attached hydrogens (tertiary/aromatic N) is 4. The maximum atomic E-state index is 12.6. The fourth-order valence-electron chi connectivity index (χ4n) is 3.22. The van der Waals surface area contributed by atoms with E-state index in [1.54, 1.807) is 6.20 Å². The zero-order valence-electron chi connectivity index (χ0n) is 15.2. The fourth-order valence-corrected chi connectivity index (χ4v) is 4.01. The molecule has 25 heavy (non-hydrogen) atoms. The molecule has 0 aliphatic carbocycles. The number of anilines is 1. The lowest BCUT2D eigenvalue weighted by Crippen LogP contribution is -2.44. The Bertz CT molecular complexity index is 780. The molecule has 0 bridgehead atoms. The Morgan fingerprint density at radius 1 is 1.32 bits per heavy atom. The van der Waals surface area contributed by atoms with Gasteiger partial charge in [-0.05, 0) is 19.8 Å². The van der Waals surface area contributed by atoms with Crippen molar-refractivity contribution < 1.29 is 4.79 Å². The summed E-state index contributed by atoms with van der Waals surface area (Å²) in [5.74, 6) is 0.422. The standard InChI is InChI=1S/C18H25N5OS/c1-11-15(25-17(19)21-11)14-9-20-8-13(22-14)12-6-5-7-23(10-12)16(24)18(2,3)4/h8-9,12H,5-7,10H2,1-4H3,(H2,19,21)/t12-/m1/s1. The van der Waals surface area contributed by atoms with Crippen LogP contribution in [0.1, 0.15) is 50.9 Å². The van der Waals surface area contributed by atoms with Crippen molar-refractivity contribution in [2.75, 3.05) is 18.8 Å². The molecule has 3 rings (SSSR count). The van der Waals surface area contributed by atoms with Crippen LogP contribution in [-0.2, 0) is 4.79 Å². The van der Waals surface area contributed by atoms with Crippen molar-refractivity contribution in [2.24, 2.45) is 5.41 Å². The molecule has 1 aliphatic heterocycles. The molecule has 1 saturated heterocycles. The molecule has 2 aromatic rings. The smallest absolute Gasteiger partial charge is 0.227 e. The van der Waals surface area contributed by atoms with Crippen LogP contribution >= 0.6 is 11.3 Å². The maximum Gasteiger partial charge on any atom is 0.227 e. The van der Waals surface area contributed by atoms with Gasteiger partial charge in [-0.2, -0.15) is 0 Å². The van der Waals surface area contributed by atoms with Crippen molar-refractivity contribution in [3.63, 3.8) is 0 Å². The van der Waals surface area contributed by atoms with Crippen molar-refractivity contribution in [1.29, 1.82) is 0 Å². The quantitative estimate of drug-likeness (QED) is 0.890. The second-order valence-electron chi connectivity index (χ2n) is 7.64. The van der Waals surface area contributed by atoms with Crippen molar-refractivity contribution in [3.8, 4) is 10.6 Å². The topological polar surface area (TPSA) is 85.0 Å². The zero-order valence-corrected chi connectivity index (χ0v) is 16.1. The van der Waals surface area contributed by atoms with Crippen molar-refractivity contribution in [2.45, 2.75) is 46.5 Å². The number of nitrogen functional groups attached to an aromatic ring is 1. The number of amides is 1. The molecule has 2 N–H and O–H groups in total. The van der Waals surface area contributed by atoms with Gasteiger partial charge >= 0.3 is 0 Å². The van der Waals surface area contributed by atoms with Gasteiger partial charge in [0.1, 0.15) is 5.69 Å². The third kappa shape index (κ3) is 3.81. The molecule has 0 aromatic carbocycles. The zero-order chi connectivity index (χ0) is 18.2. The van der Waals surface area contributed by atoms with Crippen LogP contribution in [0.4, 0.5) is 5.13 Å². The van der Waals surface area contributed by atoms with E-state index < -0.39 is 0 Å². The van der Waals surface area contributed by atoms with Gasteiger partial charge in [0.15, 0.2) is 5.13 Å². The van der Waals surface area contributed by atoms with E-state index in [9.17, 15) is 4.79 Å². The van der Waals surface area contributed by atoms with E-state index in [-0.39, 0.29) is 17.2 Å².